The van der Waals surface area contributed by atoms with Gasteiger partial charge in [0.05, 0.1) is 12.4 Å². The summed E-state index contributed by atoms with van der Waals surface area (Å²) in [5.41, 5.74) is 0.391. The minimum Gasteiger partial charge on any atom is -0.369 e. The molecule has 0 radical (unpaired) electrons. The molecule has 0 spiro atoms. The maximum atomic E-state index is 12.1. The molecule has 1 aromatic rings. The van der Waals surface area contributed by atoms with Crippen LogP contribution in [0, 0.1) is 5.92 Å². The van der Waals surface area contributed by atoms with E-state index in [-0.39, 0.29) is 5.91 Å². The third kappa shape index (κ3) is 4.47. The SMILES string of the molecule is CCCNc1cncc(C(=O)NCC2CCCCC2)n1. The minimum absolute atomic E-state index is 0.122. The Kier molecular flexibility index (Phi) is 5.77. The average molecular weight is 276 g/mol. The fraction of sp³-hybridized carbons (Fsp3) is 0.667. The molecule has 5 heteroatoms. The molecule has 1 aliphatic carbocycles. The molecule has 1 heterocycles. The number of hydrogen-bond acceptors (Lipinski definition) is 4. The molecule has 2 N–H and O–H groups in total. The van der Waals surface area contributed by atoms with Gasteiger partial charge in [0, 0.05) is 13.1 Å². The molecule has 0 bridgehead atoms. The molecule has 1 aromatic heterocycles. The third-order valence-corrected chi connectivity index (χ3v) is 3.70. The highest BCUT2D eigenvalue weighted by atomic mass is 16.1. The number of hydrogen-bond donors (Lipinski definition) is 2. The van der Waals surface area contributed by atoms with Gasteiger partial charge in [-0.15, -0.1) is 0 Å². The Morgan fingerprint density at radius 2 is 2.10 bits per heavy atom. The molecule has 1 saturated carbocycles. The average Bonchev–Trinajstić information content (AvgIpc) is 2.52. The van der Waals surface area contributed by atoms with E-state index in [2.05, 4.69) is 27.5 Å². The first kappa shape index (κ1) is 14.8. The number of carbonyl (C=O) groups is 1. The molecule has 1 fully saturated rings. The van der Waals surface area contributed by atoms with Crippen LogP contribution in [0.25, 0.3) is 0 Å². The Balaban J connectivity index is 1.84. The summed E-state index contributed by atoms with van der Waals surface area (Å²) in [6.45, 7) is 3.68. The summed E-state index contributed by atoms with van der Waals surface area (Å²) in [5, 5.41) is 6.12. The van der Waals surface area contributed by atoms with Gasteiger partial charge in [0.15, 0.2) is 0 Å². The van der Waals surface area contributed by atoms with Crippen molar-refractivity contribution in [3.05, 3.63) is 18.1 Å². The second kappa shape index (κ2) is 7.82. The lowest BCUT2D eigenvalue weighted by Crippen LogP contribution is -2.31. The summed E-state index contributed by atoms with van der Waals surface area (Å²) in [4.78, 5) is 20.4. The Hall–Kier alpha value is -1.65. The molecule has 0 saturated heterocycles. The summed E-state index contributed by atoms with van der Waals surface area (Å²) in [6, 6.07) is 0. The first-order chi connectivity index (χ1) is 9.79. The van der Waals surface area contributed by atoms with Gasteiger partial charge in [-0.25, -0.2) is 4.98 Å². The number of rotatable bonds is 6. The maximum absolute atomic E-state index is 12.1. The molecule has 2 rings (SSSR count). The van der Waals surface area contributed by atoms with Gasteiger partial charge in [0.2, 0.25) is 0 Å². The van der Waals surface area contributed by atoms with Crippen molar-refractivity contribution >= 4 is 11.7 Å². The zero-order chi connectivity index (χ0) is 14.2. The first-order valence-electron chi connectivity index (χ1n) is 7.63. The van der Waals surface area contributed by atoms with E-state index in [0.717, 1.165) is 19.5 Å². The summed E-state index contributed by atoms with van der Waals surface area (Å²) < 4.78 is 0. The van der Waals surface area contributed by atoms with Gasteiger partial charge >= 0.3 is 0 Å². The zero-order valence-corrected chi connectivity index (χ0v) is 12.2. The molecule has 110 valence electrons. The van der Waals surface area contributed by atoms with Crippen LogP contribution in [0.15, 0.2) is 12.4 Å². The van der Waals surface area contributed by atoms with Gasteiger partial charge in [-0.05, 0) is 25.2 Å². The van der Waals surface area contributed by atoms with Gasteiger partial charge in [0.1, 0.15) is 11.5 Å². The highest BCUT2D eigenvalue weighted by molar-refractivity contribution is 5.92. The molecule has 20 heavy (non-hydrogen) atoms. The predicted molar refractivity (Wildman–Crippen MR) is 79.7 cm³/mol. The van der Waals surface area contributed by atoms with Crippen molar-refractivity contribution in [3.63, 3.8) is 0 Å². The van der Waals surface area contributed by atoms with Crippen LogP contribution in [-0.2, 0) is 0 Å². The van der Waals surface area contributed by atoms with Crippen LogP contribution in [-0.4, -0.2) is 29.0 Å². The van der Waals surface area contributed by atoms with Crippen LogP contribution < -0.4 is 10.6 Å². The number of nitrogens with one attached hydrogen (secondary N) is 2. The topological polar surface area (TPSA) is 66.9 Å². The summed E-state index contributed by atoms with van der Waals surface area (Å²) in [6.07, 6.45) is 10.5. The molecule has 5 nitrogen and oxygen atoms in total. The summed E-state index contributed by atoms with van der Waals surface area (Å²) in [7, 11) is 0. The first-order valence-corrected chi connectivity index (χ1v) is 7.63. The van der Waals surface area contributed by atoms with E-state index >= 15 is 0 Å². The van der Waals surface area contributed by atoms with Crippen LogP contribution in [0.5, 0.6) is 0 Å². The van der Waals surface area contributed by atoms with E-state index < -0.39 is 0 Å². The molecule has 1 aliphatic rings. The van der Waals surface area contributed by atoms with Crippen molar-refractivity contribution in [3.8, 4) is 0 Å². The van der Waals surface area contributed by atoms with Crippen molar-refractivity contribution in [2.24, 2.45) is 5.92 Å². The summed E-state index contributed by atoms with van der Waals surface area (Å²) >= 11 is 0. The highest BCUT2D eigenvalue weighted by Gasteiger charge is 2.15. The van der Waals surface area contributed by atoms with Crippen LogP contribution >= 0.6 is 0 Å². The number of anilines is 1. The fourth-order valence-electron chi connectivity index (χ4n) is 2.53. The van der Waals surface area contributed by atoms with Crippen LogP contribution in [0.4, 0.5) is 5.82 Å². The Labute approximate surface area is 120 Å². The van der Waals surface area contributed by atoms with Crippen LogP contribution in [0.3, 0.4) is 0 Å². The Morgan fingerprint density at radius 3 is 2.85 bits per heavy atom. The van der Waals surface area contributed by atoms with Gasteiger partial charge in [-0.3, -0.25) is 9.78 Å². The van der Waals surface area contributed by atoms with E-state index in [1.165, 1.54) is 38.3 Å². The number of aromatic nitrogens is 2. The van der Waals surface area contributed by atoms with Gasteiger partial charge in [0.25, 0.3) is 5.91 Å². The normalized spacial score (nSPS) is 15.8. The standard InChI is InChI=1S/C15H24N4O/c1-2-8-17-14-11-16-10-13(19-14)15(20)18-9-12-6-4-3-5-7-12/h10-12H,2-9H2,1H3,(H,17,19)(H,18,20). The van der Waals surface area contributed by atoms with E-state index in [4.69, 9.17) is 0 Å². The molecular formula is C15H24N4O. The number of carbonyl (C=O) groups excluding carboxylic acids is 1. The number of amides is 1. The molecule has 0 atom stereocenters. The van der Waals surface area contributed by atoms with Crippen molar-refractivity contribution in [1.82, 2.24) is 15.3 Å². The fourth-order valence-corrected chi connectivity index (χ4v) is 2.53. The van der Waals surface area contributed by atoms with Crippen LogP contribution in [0.1, 0.15) is 55.9 Å². The highest BCUT2D eigenvalue weighted by Crippen LogP contribution is 2.22. The van der Waals surface area contributed by atoms with Gasteiger partial charge in [-0.1, -0.05) is 26.2 Å². The predicted octanol–water partition coefficient (Wildman–Crippen LogP) is 2.61. The second-order valence-corrected chi connectivity index (χ2v) is 5.43. The molecular weight excluding hydrogens is 252 g/mol. The lowest BCUT2D eigenvalue weighted by atomic mass is 9.89. The van der Waals surface area contributed by atoms with E-state index in [9.17, 15) is 4.79 Å². The van der Waals surface area contributed by atoms with Crippen molar-refractivity contribution in [2.45, 2.75) is 45.4 Å². The second-order valence-electron chi connectivity index (χ2n) is 5.43. The van der Waals surface area contributed by atoms with Gasteiger partial charge in [-0.2, -0.15) is 0 Å². The molecule has 0 unspecified atom stereocenters. The van der Waals surface area contributed by atoms with E-state index in [0.29, 0.717) is 17.4 Å². The van der Waals surface area contributed by atoms with Crippen molar-refractivity contribution in [1.29, 1.82) is 0 Å². The molecule has 0 aromatic carbocycles. The van der Waals surface area contributed by atoms with Crippen LogP contribution in [0.2, 0.25) is 0 Å². The zero-order valence-electron chi connectivity index (χ0n) is 12.2. The third-order valence-electron chi connectivity index (χ3n) is 3.70. The monoisotopic (exact) mass is 276 g/mol. The molecule has 1 amide bonds. The lowest BCUT2D eigenvalue weighted by Gasteiger charge is -2.21. The molecule has 0 aliphatic heterocycles. The smallest absolute Gasteiger partial charge is 0.271 e. The quantitative estimate of drug-likeness (QED) is 0.838. The maximum Gasteiger partial charge on any atom is 0.271 e. The van der Waals surface area contributed by atoms with E-state index in [1.54, 1.807) is 6.20 Å². The number of nitrogens with zero attached hydrogens (tertiary/aromatic N) is 2. The summed E-state index contributed by atoms with van der Waals surface area (Å²) in [5.74, 6) is 1.17. The Morgan fingerprint density at radius 1 is 1.30 bits per heavy atom. The Bertz CT molecular complexity index is 430. The minimum atomic E-state index is -0.122. The van der Waals surface area contributed by atoms with Crippen molar-refractivity contribution in [2.75, 3.05) is 18.4 Å². The lowest BCUT2D eigenvalue weighted by molar-refractivity contribution is 0.0938. The largest absolute Gasteiger partial charge is 0.369 e. The van der Waals surface area contributed by atoms with Crippen molar-refractivity contribution < 1.29 is 4.79 Å². The van der Waals surface area contributed by atoms with E-state index in [1.807, 2.05) is 0 Å². The van der Waals surface area contributed by atoms with Gasteiger partial charge < -0.3 is 10.6 Å².